The molecule has 0 unspecified atom stereocenters. The third kappa shape index (κ3) is 5.39. The molecule has 0 saturated carbocycles. The maximum atomic E-state index is 11.5. The molecule has 33 heavy (non-hydrogen) atoms. The minimum Gasteiger partial charge on any atom is -0.481 e. The van der Waals surface area contributed by atoms with Crippen LogP contribution in [0.5, 0.6) is 0 Å². The zero-order valence-corrected chi connectivity index (χ0v) is 17.7. The van der Waals surface area contributed by atoms with E-state index in [-0.39, 0.29) is 6.42 Å². The van der Waals surface area contributed by atoms with Crippen LogP contribution in [-0.4, -0.2) is 48.7 Å². The fourth-order valence-corrected chi connectivity index (χ4v) is 3.13. The lowest BCUT2D eigenvalue weighted by molar-refractivity contribution is -0.136. The quantitative estimate of drug-likeness (QED) is 0.371. The van der Waals surface area contributed by atoms with Gasteiger partial charge in [0.05, 0.1) is 24.9 Å². The van der Waals surface area contributed by atoms with Crippen molar-refractivity contribution in [3.05, 3.63) is 65.9 Å². The summed E-state index contributed by atoms with van der Waals surface area (Å²) in [4.78, 5) is 31.2. The SMILES string of the molecule is CCOC(=O)NCc1cccc(-n2nnc3cnc(Nc4ccc(CC(=O)O)cc4)nc32)c1. The first kappa shape index (κ1) is 21.7. The number of aliphatic carboxylic acids is 1. The number of carbonyl (C=O) groups is 2. The van der Waals surface area contributed by atoms with Gasteiger partial charge in [-0.15, -0.1) is 5.10 Å². The summed E-state index contributed by atoms with van der Waals surface area (Å²) in [6.07, 6.45) is 1.05. The minimum absolute atomic E-state index is 0.0397. The van der Waals surface area contributed by atoms with Gasteiger partial charge in [0, 0.05) is 12.2 Å². The number of ether oxygens (including phenoxy) is 1. The normalized spacial score (nSPS) is 10.7. The molecule has 0 bridgehead atoms. The summed E-state index contributed by atoms with van der Waals surface area (Å²) >= 11 is 0. The van der Waals surface area contributed by atoms with Crippen molar-refractivity contribution in [2.45, 2.75) is 19.9 Å². The lowest BCUT2D eigenvalue weighted by Crippen LogP contribution is -2.23. The van der Waals surface area contributed by atoms with Gasteiger partial charge < -0.3 is 20.5 Å². The number of hydrogen-bond acceptors (Lipinski definition) is 8. The second-order valence-electron chi connectivity index (χ2n) is 7.04. The van der Waals surface area contributed by atoms with E-state index in [1.807, 2.05) is 24.3 Å². The number of fused-ring (bicyclic) bond motifs is 1. The lowest BCUT2D eigenvalue weighted by atomic mass is 10.1. The Hall–Kier alpha value is -4.54. The van der Waals surface area contributed by atoms with Crippen LogP contribution in [-0.2, 0) is 22.5 Å². The van der Waals surface area contributed by atoms with E-state index in [0.717, 1.165) is 16.9 Å². The highest BCUT2D eigenvalue weighted by Crippen LogP contribution is 2.19. The smallest absolute Gasteiger partial charge is 0.407 e. The van der Waals surface area contributed by atoms with Gasteiger partial charge in [0.15, 0.2) is 11.2 Å². The number of aromatic nitrogens is 5. The first-order valence-electron chi connectivity index (χ1n) is 10.2. The fraction of sp³-hybridized carbons (Fsp3) is 0.182. The standard InChI is InChI=1S/C22H21N7O4/c1-2-33-22(32)24-12-15-4-3-5-17(10-15)29-20-18(27-28-29)13-23-21(26-20)25-16-8-6-14(7-9-16)11-19(30)31/h3-10,13H,2,11-12H2,1H3,(H,24,32)(H,30,31)(H,23,25,26). The molecule has 0 spiro atoms. The number of anilines is 2. The highest BCUT2D eigenvalue weighted by molar-refractivity contribution is 5.73. The molecule has 0 aliphatic rings. The molecule has 2 heterocycles. The number of alkyl carbamates (subject to hydrolysis) is 1. The molecule has 168 valence electrons. The number of carbonyl (C=O) groups excluding carboxylic acids is 1. The topological polar surface area (TPSA) is 144 Å². The maximum Gasteiger partial charge on any atom is 0.407 e. The zero-order valence-electron chi connectivity index (χ0n) is 17.7. The van der Waals surface area contributed by atoms with E-state index in [2.05, 4.69) is 30.9 Å². The van der Waals surface area contributed by atoms with Gasteiger partial charge in [0.1, 0.15) is 0 Å². The lowest BCUT2D eigenvalue weighted by Gasteiger charge is -2.08. The number of benzene rings is 2. The van der Waals surface area contributed by atoms with E-state index in [1.165, 1.54) is 0 Å². The molecular formula is C22H21N7O4. The largest absolute Gasteiger partial charge is 0.481 e. The van der Waals surface area contributed by atoms with Gasteiger partial charge in [-0.3, -0.25) is 4.79 Å². The first-order valence-corrected chi connectivity index (χ1v) is 10.2. The van der Waals surface area contributed by atoms with Gasteiger partial charge in [-0.05, 0) is 42.3 Å². The van der Waals surface area contributed by atoms with E-state index in [9.17, 15) is 9.59 Å². The van der Waals surface area contributed by atoms with Gasteiger partial charge in [0.25, 0.3) is 0 Å². The minimum atomic E-state index is -0.883. The van der Waals surface area contributed by atoms with Crippen LogP contribution in [0.2, 0.25) is 0 Å². The highest BCUT2D eigenvalue weighted by atomic mass is 16.5. The van der Waals surface area contributed by atoms with Gasteiger partial charge in [0.2, 0.25) is 5.95 Å². The van der Waals surface area contributed by atoms with Crippen molar-refractivity contribution < 1.29 is 19.4 Å². The Kier molecular flexibility index (Phi) is 6.39. The van der Waals surface area contributed by atoms with E-state index >= 15 is 0 Å². The molecule has 0 atom stereocenters. The van der Waals surface area contributed by atoms with Gasteiger partial charge in [-0.2, -0.15) is 9.67 Å². The van der Waals surface area contributed by atoms with Gasteiger partial charge in [-0.25, -0.2) is 9.78 Å². The molecule has 11 heteroatoms. The number of amides is 1. The molecule has 11 nitrogen and oxygen atoms in total. The monoisotopic (exact) mass is 447 g/mol. The van der Waals surface area contributed by atoms with E-state index in [0.29, 0.717) is 35.8 Å². The molecule has 4 rings (SSSR count). The van der Waals surface area contributed by atoms with Gasteiger partial charge >= 0.3 is 12.1 Å². The summed E-state index contributed by atoms with van der Waals surface area (Å²) in [5, 5.41) is 23.0. The Balaban J connectivity index is 1.54. The van der Waals surface area contributed by atoms with Crippen LogP contribution >= 0.6 is 0 Å². The van der Waals surface area contributed by atoms with Crippen molar-refractivity contribution in [3.8, 4) is 5.69 Å². The molecular weight excluding hydrogens is 426 g/mol. The van der Waals surface area contributed by atoms with Crippen molar-refractivity contribution in [1.82, 2.24) is 30.3 Å². The molecule has 0 aliphatic heterocycles. The predicted octanol–water partition coefficient (Wildman–Crippen LogP) is 2.83. The van der Waals surface area contributed by atoms with E-state index in [4.69, 9.17) is 9.84 Å². The Morgan fingerprint density at radius 2 is 1.94 bits per heavy atom. The Morgan fingerprint density at radius 3 is 2.70 bits per heavy atom. The molecule has 3 N–H and O–H groups in total. The predicted molar refractivity (Wildman–Crippen MR) is 119 cm³/mol. The van der Waals surface area contributed by atoms with Crippen LogP contribution in [0.25, 0.3) is 16.9 Å². The number of carboxylic acids is 1. The Morgan fingerprint density at radius 1 is 1.12 bits per heavy atom. The van der Waals surface area contributed by atoms with E-state index in [1.54, 1.807) is 42.1 Å². The third-order valence-corrected chi connectivity index (χ3v) is 4.63. The second-order valence-corrected chi connectivity index (χ2v) is 7.04. The van der Waals surface area contributed by atoms with Crippen LogP contribution in [0.4, 0.5) is 16.4 Å². The van der Waals surface area contributed by atoms with Crippen molar-refractivity contribution in [1.29, 1.82) is 0 Å². The number of hydrogen-bond donors (Lipinski definition) is 3. The third-order valence-electron chi connectivity index (χ3n) is 4.63. The van der Waals surface area contributed by atoms with Gasteiger partial charge in [-0.1, -0.05) is 29.5 Å². The number of rotatable bonds is 8. The van der Waals surface area contributed by atoms with E-state index < -0.39 is 12.1 Å². The number of nitrogens with one attached hydrogen (secondary N) is 2. The highest BCUT2D eigenvalue weighted by Gasteiger charge is 2.11. The first-order chi connectivity index (χ1) is 16.0. The fourth-order valence-electron chi connectivity index (χ4n) is 3.13. The molecule has 0 aliphatic carbocycles. The Labute approximate surface area is 188 Å². The molecule has 0 radical (unpaired) electrons. The van der Waals surface area contributed by atoms with Crippen LogP contribution < -0.4 is 10.6 Å². The average Bonchev–Trinajstić information content (AvgIpc) is 3.22. The van der Waals surface area contributed by atoms with Crippen LogP contribution in [0.15, 0.2) is 54.7 Å². The van der Waals surface area contributed by atoms with Crippen LogP contribution in [0.1, 0.15) is 18.1 Å². The number of carboxylic acid groups (broad SMARTS) is 1. The van der Waals surface area contributed by atoms with Crippen LogP contribution in [0.3, 0.4) is 0 Å². The second kappa shape index (κ2) is 9.73. The average molecular weight is 447 g/mol. The molecule has 4 aromatic rings. The number of nitrogens with zero attached hydrogens (tertiary/aromatic N) is 5. The molecule has 2 aromatic carbocycles. The summed E-state index contributed by atoms with van der Waals surface area (Å²) in [6.45, 7) is 2.35. The Bertz CT molecular complexity index is 1290. The summed E-state index contributed by atoms with van der Waals surface area (Å²) < 4.78 is 6.47. The summed E-state index contributed by atoms with van der Waals surface area (Å²) in [5.74, 6) is -0.539. The van der Waals surface area contributed by atoms with Crippen LogP contribution in [0, 0.1) is 0 Å². The molecule has 0 saturated heterocycles. The van der Waals surface area contributed by atoms with Crippen molar-refractivity contribution >= 4 is 34.9 Å². The molecule has 0 fully saturated rings. The van der Waals surface area contributed by atoms with Crippen molar-refractivity contribution in [2.75, 3.05) is 11.9 Å². The molecule has 1 amide bonds. The molecule has 2 aromatic heterocycles. The van der Waals surface area contributed by atoms with Crippen molar-refractivity contribution in [3.63, 3.8) is 0 Å². The zero-order chi connectivity index (χ0) is 23.2. The van der Waals surface area contributed by atoms with Crippen molar-refractivity contribution in [2.24, 2.45) is 0 Å². The summed E-state index contributed by atoms with van der Waals surface area (Å²) in [7, 11) is 0. The summed E-state index contributed by atoms with van der Waals surface area (Å²) in [6, 6.07) is 14.5. The maximum absolute atomic E-state index is 11.5. The summed E-state index contributed by atoms with van der Waals surface area (Å²) in [5.41, 5.74) is 4.03.